The van der Waals surface area contributed by atoms with Gasteiger partial charge >= 0.3 is 6.09 Å². The van der Waals surface area contributed by atoms with Gasteiger partial charge in [-0.05, 0) is 77.3 Å². The van der Waals surface area contributed by atoms with Crippen molar-refractivity contribution in [1.29, 1.82) is 0 Å². The predicted octanol–water partition coefficient (Wildman–Crippen LogP) is 4.85. The molecule has 1 aliphatic carbocycles. The molecule has 3 heterocycles. The molecule has 0 radical (unpaired) electrons. The Morgan fingerprint density at radius 2 is 1.97 bits per heavy atom. The largest absolute Gasteiger partial charge is 0.443 e. The summed E-state index contributed by atoms with van der Waals surface area (Å²) in [6, 6.07) is 8.96. The Kier molecular flexibility index (Phi) is 7.98. The number of nitrogens with two attached hydrogens (primary N) is 1. The van der Waals surface area contributed by atoms with Crippen molar-refractivity contribution in [3.05, 3.63) is 41.0 Å². The van der Waals surface area contributed by atoms with Crippen LogP contribution in [0.3, 0.4) is 0 Å². The van der Waals surface area contributed by atoms with Crippen molar-refractivity contribution in [3.63, 3.8) is 0 Å². The summed E-state index contributed by atoms with van der Waals surface area (Å²) in [7, 11) is 0. The number of carbonyl (C=O) groups is 1. The van der Waals surface area contributed by atoms with E-state index in [9.17, 15) is 4.79 Å². The molecule has 0 bridgehead atoms. The molecule has 1 fully saturated rings. The lowest BCUT2D eigenvalue weighted by atomic mass is 9.96. The number of thiazole rings is 1. The molecular formula is C29H42N6O2S. The molecular weight excluding hydrogens is 496 g/mol. The van der Waals surface area contributed by atoms with Crippen LogP contribution in [0.1, 0.15) is 51.1 Å². The zero-order chi connectivity index (χ0) is 26.9. The molecule has 2 aromatic heterocycles. The van der Waals surface area contributed by atoms with Crippen molar-refractivity contribution >= 4 is 39.2 Å². The third kappa shape index (κ3) is 6.16. The van der Waals surface area contributed by atoms with Crippen molar-refractivity contribution in [1.82, 2.24) is 19.4 Å². The molecule has 9 heteroatoms. The number of anilines is 2. The number of piperazine rings is 1. The minimum Gasteiger partial charge on any atom is -0.443 e. The number of carbonyl (C=O) groups excluding carboxylic acids is 1. The van der Waals surface area contributed by atoms with E-state index in [0.29, 0.717) is 6.04 Å². The first-order chi connectivity index (χ1) is 18.2. The van der Waals surface area contributed by atoms with Gasteiger partial charge in [0, 0.05) is 67.5 Å². The van der Waals surface area contributed by atoms with E-state index < -0.39 is 5.60 Å². The topological polar surface area (TPSA) is 79.9 Å². The number of ether oxygens (including phenoxy) is 1. The van der Waals surface area contributed by atoms with E-state index in [1.165, 1.54) is 29.1 Å². The van der Waals surface area contributed by atoms with Gasteiger partial charge in [-0.3, -0.25) is 14.4 Å². The Bertz CT molecular complexity index is 1250. The monoisotopic (exact) mass is 538 g/mol. The van der Waals surface area contributed by atoms with Crippen LogP contribution in [0.5, 0.6) is 0 Å². The molecule has 1 aliphatic heterocycles. The van der Waals surface area contributed by atoms with Crippen LogP contribution in [0.15, 0.2) is 30.5 Å². The first kappa shape index (κ1) is 27.0. The van der Waals surface area contributed by atoms with E-state index in [1.54, 1.807) is 22.1 Å². The summed E-state index contributed by atoms with van der Waals surface area (Å²) in [4.78, 5) is 26.3. The van der Waals surface area contributed by atoms with Crippen LogP contribution >= 0.6 is 11.3 Å². The van der Waals surface area contributed by atoms with Gasteiger partial charge < -0.3 is 15.4 Å². The van der Waals surface area contributed by atoms with Gasteiger partial charge in [0.2, 0.25) is 0 Å². The lowest BCUT2D eigenvalue weighted by molar-refractivity contribution is 0.0544. The normalized spacial score (nSPS) is 18.8. The van der Waals surface area contributed by atoms with Crippen LogP contribution in [0, 0.1) is 0 Å². The molecule has 1 aromatic carbocycles. The van der Waals surface area contributed by atoms with Crippen LogP contribution in [0.2, 0.25) is 0 Å². The molecule has 206 valence electrons. The van der Waals surface area contributed by atoms with E-state index in [4.69, 9.17) is 10.5 Å². The third-order valence-electron chi connectivity index (χ3n) is 7.66. The Morgan fingerprint density at radius 3 is 2.71 bits per heavy atom. The number of benzene rings is 1. The lowest BCUT2D eigenvalue weighted by Gasteiger charge is -2.39. The summed E-state index contributed by atoms with van der Waals surface area (Å²) in [5.74, 6) is 0. The number of aryl methyl sites for hydroxylation is 1. The molecule has 1 atom stereocenters. The summed E-state index contributed by atoms with van der Waals surface area (Å²) in [6.45, 7) is 15.5. The molecule has 0 unspecified atom stereocenters. The van der Waals surface area contributed by atoms with Crippen molar-refractivity contribution in [3.8, 4) is 0 Å². The highest BCUT2D eigenvalue weighted by Gasteiger charge is 2.27. The predicted molar refractivity (Wildman–Crippen MR) is 156 cm³/mol. The number of fused-ring (bicyclic) bond motifs is 2. The molecule has 3 aromatic rings. The standard InChI is InChI=1S/C29H42N6O2S/c1-5-11-33(23-6-8-24-26(20-23)38-27(30)31-24)16-13-32-14-17-34(18-15-32)22-7-9-25-21(19-22)10-12-35(25)28(36)37-29(2,3)4/h7,9-10,12,19,23H,5-6,8,11,13-18,20H2,1-4H3,(H2,30,31)/t23-/m1/s1. The fraction of sp³-hybridized carbons (Fsp3) is 0.586. The van der Waals surface area contributed by atoms with Gasteiger partial charge in [-0.1, -0.05) is 6.92 Å². The van der Waals surface area contributed by atoms with Gasteiger partial charge in [-0.15, -0.1) is 11.3 Å². The number of rotatable bonds is 7. The fourth-order valence-electron chi connectivity index (χ4n) is 5.75. The summed E-state index contributed by atoms with van der Waals surface area (Å²) in [6.07, 6.45) is 5.98. The average Bonchev–Trinajstić information content (AvgIpc) is 3.47. The number of nitrogens with zero attached hydrogens (tertiary/aromatic N) is 5. The number of hydrogen-bond donors (Lipinski definition) is 1. The van der Waals surface area contributed by atoms with E-state index in [0.717, 1.165) is 74.7 Å². The second-order valence-electron chi connectivity index (χ2n) is 11.6. The second kappa shape index (κ2) is 11.2. The van der Waals surface area contributed by atoms with Crippen LogP contribution in [0.25, 0.3) is 10.9 Å². The highest BCUT2D eigenvalue weighted by Crippen LogP contribution is 2.30. The number of hydrogen-bond acceptors (Lipinski definition) is 8. The first-order valence-corrected chi connectivity index (χ1v) is 14.8. The third-order valence-corrected chi connectivity index (χ3v) is 8.61. The van der Waals surface area contributed by atoms with Crippen LogP contribution in [-0.2, 0) is 17.6 Å². The van der Waals surface area contributed by atoms with E-state index in [-0.39, 0.29) is 6.09 Å². The number of nitrogen functional groups attached to an aromatic ring is 1. The summed E-state index contributed by atoms with van der Waals surface area (Å²) < 4.78 is 7.15. The summed E-state index contributed by atoms with van der Waals surface area (Å²) >= 11 is 1.68. The van der Waals surface area contributed by atoms with Crippen molar-refractivity contribution in [2.24, 2.45) is 0 Å². The molecule has 1 saturated heterocycles. The van der Waals surface area contributed by atoms with Crippen molar-refractivity contribution in [2.45, 2.75) is 65.0 Å². The quantitative estimate of drug-likeness (QED) is 0.460. The van der Waals surface area contributed by atoms with Crippen LogP contribution in [-0.4, -0.2) is 82.9 Å². The first-order valence-electron chi connectivity index (χ1n) is 14.0. The zero-order valence-corrected chi connectivity index (χ0v) is 24.1. The molecule has 0 spiro atoms. The highest BCUT2D eigenvalue weighted by atomic mass is 32.1. The maximum absolute atomic E-state index is 12.6. The van der Waals surface area contributed by atoms with Gasteiger partial charge in [0.15, 0.2) is 5.13 Å². The molecule has 0 saturated carbocycles. The molecule has 0 amide bonds. The Morgan fingerprint density at radius 1 is 1.18 bits per heavy atom. The SMILES string of the molecule is CCCN(CCN1CCN(c2ccc3c(ccn3C(=O)OC(C)(C)C)c2)CC1)[C@@H]1CCc2nc(N)sc2C1. The molecule has 38 heavy (non-hydrogen) atoms. The van der Waals surface area contributed by atoms with Gasteiger partial charge in [-0.2, -0.15) is 0 Å². The Labute approximate surface area is 230 Å². The smallest absolute Gasteiger partial charge is 0.418 e. The van der Waals surface area contributed by atoms with E-state index in [1.807, 2.05) is 32.9 Å². The molecule has 2 N–H and O–H groups in total. The van der Waals surface area contributed by atoms with Gasteiger partial charge in [0.1, 0.15) is 5.60 Å². The molecule has 2 aliphatic rings. The highest BCUT2D eigenvalue weighted by molar-refractivity contribution is 7.15. The summed E-state index contributed by atoms with van der Waals surface area (Å²) in [5.41, 5.74) is 8.79. The van der Waals surface area contributed by atoms with Gasteiger partial charge in [-0.25, -0.2) is 9.78 Å². The number of aromatic nitrogens is 2. The second-order valence-corrected chi connectivity index (χ2v) is 12.7. The average molecular weight is 539 g/mol. The maximum Gasteiger partial charge on any atom is 0.418 e. The Hall–Kier alpha value is -2.62. The van der Waals surface area contributed by atoms with E-state index in [2.05, 4.69) is 38.7 Å². The Balaban J connectivity index is 1.14. The zero-order valence-electron chi connectivity index (χ0n) is 23.3. The van der Waals surface area contributed by atoms with Crippen LogP contribution in [0.4, 0.5) is 15.6 Å². The minimum absolute atomic E-state index is 0.337. The van der Waals surface area contributed by atoms with E-state index >= 15 is 0 Å². The van der Waals surface area contributed by atoms with Gasteiger partial charge in [0.25, 0.3) is 0 Å². The minimum atomic E-state index is -0.517. The summed E-state index contributed by atoms with van der Waals surface area (Å²) in [5, 5.41) is 1.78. The maximum atomic E-state index is 12.6. The fourth-order valence-corrected chi connectivity index (χ4v) is 6.70. The lowest BCUT2D eigenvalue weighted by Crippen LogP contribution is -2.50. The van der Waals surface area contributed by atoms with Crippen LogP contribution < -0.4 is 10.6 Å². The van der Waals surface area contributed by atoms with Gasteiger partial charge in [0.05, 0.1) is 11.2 Å². The molecule has 5 rings (SSSR count). The van der Waals surface area contributed by atoms with Crippen molar-refractivity contribution < 1.29 is 9.53 Å². The van der Waals surface area contributed by atoms with Crippen molar-refractivity contribution in [2.75, 3.05) is 56.4 Å². The molecule has 8 nitrogen and oxygen atoms in total.